The second-order valence-corrected chi connectivity index (χ2v) is 8.49. The highest BCUT2D eigenvalue weighted by atomic mass is 32.2. The van der Waals surface area contributed by atoms with Gasteiger partial charge in [0.05, 0.1) is 12.4 Å². The van der Waals surface area contributed by atoms with Crippen molar-refractivity contribution >= 4 is 40.0 Å². The number of methoxy groups -OCH3 is 1. The Hall–Kier alpha value is -1.39. The molecule has 152 valence electrons. The molecule has 0 spiro atoms. The number of piperazine rings is 1. The standard InChI is InChI=1S/C17H29N5O3S2/c1-4-13(5-2)15(24)21-7-9-22(10-8-21)16-19-20-17(27-16)26-12-14(23)18-6-11-25-3/h13H,4-12H2,1-3H3,(H,18,23). The maximum absolute atomic E-state index is 12.5. The molecular weight excluding hydrogens is 386 g/mol. The average molecular weight is 416 g/mol. The van der Waals surface area contributed by atoms with Crippen molar-refractivity contribution in [1.82, 2.24) is 20.4 Å². The molecule has 1 aromatic rings. The van der Waals surface area contributed by atoms with E-state index < -0.39 is 0 Å². The van der Waals surface area contributed by atoms with E-state index >= 15 is 0 Å². The number of aromatic nitrogens is 2. The van der Waals surface area contributed by atoms with Crippen molar-refractivity contribution in [3.8, 4) is 0 Å². The Morgan fingerprint density at radius 1 is 1.22 bits per heavy atom. The first kappa shape index (κ1) is 21.9. The molecule has 0 saturated carbocycles. The molecule has 2 heterocycles. The van der Waals surface area contributed by atoms with Gasteiger partial charge in [-0.15, -0.1) is 10.2 Å². The van der Waals surface area contributed by atoms with Gasteiger partial charge in [0.25, 0.3) is 0 Å². The van der Waals surface area contributed by atoms with E-state index in [0.29, 0.717) is 18.9 Å². The van der Waals surface area contributed by atoms with Crippen LogP contribution in [0, 0.1) is 5.92 Å². The summed E-state index contributed by atoms with van der Waals surface area (Å²) in [4.78, 5) is 28.3. The molecule has 2 rings (SSSR count). The van der Waals surface area contributed by atoms with E-state index in [1.165, 1.54) is 23.1 Å². The molecule has 2 amide bonds. The van der Waals surface area contributed by atoms with E-state index in [1.807, 2.05) is 4.90 Å². The van der Waals surface area contributed by atoms with Crippen LogP contribution in [0.25, 0.3) is 0 Å². The number of ether oxygens (including phenoxy) is 1. The first-order valence-electron chi connectivity index (χ1n) is 9.34. The fourth-order valence-corrected chi connectivity index (χ4v) is 4.60. The Kier molecular flexibility index (Phi) is 9.29. The molecule has 1 N–H and O–H groups in total. The molecule has 0 aromatic carbocycles. The van der Waals surface area contributed by atoms with Gasteiger partial charge >= 0.3 is 0 Å². The van der Waals surface area contributed by atoms with Gasteiger partial charge < -0.3 is 19.9 Å². The molecule has 1 aliphatic heterocycles. The molecule has 1 fully saturated rings. The van der Waals surface area contributed by atoms with Crippen LogP contribution in [0.1, 0.15) is 26.7 Å². The number of anilines is 1. The zero-order valence-electron chi connectivity index (χ0n) is 16.3. The van der Waals surface area contributed by atoms with Crippen LogP contribution in [0.5, 0.6) is 0 Å². The number of carbonyl (C=O) groups is 2. The van der Waals surface area contributed by atoms with Gasteiger partial charge in [0, 0.05) is 45.8 Å². The number of thioether (sulfide) groups is 1. The van der Waals surface area contributed by atoms with Crippen LogP contribution in [0.4, 0.5) is 5.13 Å². The SMILES string of the molecule is CCC(CC)C(=O)N1CCN(c2nnc(SCC(=O)NCCOC)s2)CC1. The predicted octanol–water partition coefficient (Wildman–Crippen LogP) is 1.48. The van der Waals surface area contributed by atoms with Crippen molar-refractivity contribution in [2.45, 2.75) is 31.0 Å². The molecule has 0 unspecified atom stereocenters. The Balaban J connectivity index is 1.77. The maximum Gasteiger partial charge on any atom is 0.230 e. The molecule has 1 saturated heterocycles. The van der Waals surface area contributed by atoms with Crippen molar-refractivity contribution < 1.29 is 14.3 Å². The number of hydrogen-bond donors (Lipinski definition) is 1. The van der Waals surface area contributed by atoms with Crippen LogP contribution in [0.3, 0.4) is 0 Å². The van der Waals surface area contributed by atoms with Crippen molar-refractivity contribution in [2.75, 3.05) is 57.1 Å². The third-order valence-corrected chi connectivity index (χ3v) is 6.66. The maximum atomic E-state index is 12.5. The van der Waals surface area contributed by atoms with Crippen LogP contribution in [0.2, 0.25) is 0 Å². The van der Waals surface area contributed by atoms with Gasteiger partial charge in [-0.05, 0) is 12.8 Å². The Bertz CT molecular complexity index is 601. The van der Waals surface area contributed by atoms with Crippen LogP contribution < -0.4 is 10.2 Å². The summed E-state index contributed by atoms with van der Waals surface area (Å²) in [6, 6.07) is 0. The summed E-state index contributed by atoms with van der Waals surface area (Å²) in [6.45, 7) is 8.13. The first-order valence-corrected chi connectivity index (χ1v) is 11.1. The minimum atomic E-state index is -0.0395. The summed E-state index contributed by atoms with van der Waals surface area (Å²) in [6.07, 6.45) is 1.79. The minimum Gasteiger partial charge on any atom is -0.383 e. The van der Waals surface area contributed by atoms with E-state index in [0.717, 1.165) is 48.5 Å². The summed E-state index contributed by atoms with van der Waals surface area (Å²) < 4.78 is 5.68. The van der Waals surface area contributed by atoms with Crippen LogP contribution in [-0.4, -0.2) is 79.1 Å². The van der Waals surface area contributed by atoms with E-state index in [1.54, 1.807) is 7.11 Å². The second kappa shape index (κ2) is 11.5. The summed E-state index contributed by atoms with van der Waals surface area (Å²) in [5.74, 6) is 0.682. The lowest BCUT2D eigenvalue weighted by atomic mass is 10.0. The van der Waals surface area contributed by atoms with E-state index in [9.17, 15) is 9.59 Å². The molecule has 0 aliphatic carbocycles. The second-order valence-electron chi connectivity index (χ2n) is 6.31. The predicted molar refractivity (Wildman–Crippen MR) is 108 cm³/mol. The van der Waals surface area contributed by atoms with Gasteiger partial charge in [0.15, 0.2) is 4.34 Å². The van der Waals surface area contributed by atoms with E-state index in [2.05, 4.69) is 34.3 Å². The minimum absolute atomic E-state index is 0.0395. The van der Waals surface area contributed by atoms with Crippen molar-refractivity contribution in [3.05, 3.63) is 0 Å². The van der Waals surface area contributed by atoms with Gasteiger partial charge in [0.2, 0.25) is 16.9 Å². The fourth-order valence-electron chi connectivity index (χ4n) is 2.87. The van der Waals surface area contributed by atoms with Crippen molar-refractivity contribution in [1.29, 1.82) is 0 Å². The van der Waals surface area contributed by atoms with Gasteiger partial charge in [-0.25, -0.2) is 0 Å². The monoisotopic (exact) mass is 415 g/mol. The molecule has 8 nitrogen and oxygen atoms in total. The number of carbonyl (C=O) groups excluding carboxylic acids is 2. The van der Waals surface area contributed by atoms with Crippen LogP contribution >= 0.6 is 23.1 Å². The van der Waals surface area contributed by atoms with Gasteiger partial charge in [-0.1, -0.05) is 36.9 Å². The third kappa shape index (κ3) is 6.62. The topological polar surface area (TPSA) is 87.7 Å². The number of amides is 2. The highest BCUT2D eigenvalue weighted by molar-refractivity contribution is 8.01. The summed E-state index contributed by atoms with van der Waals surface area (Å²) in [7, 11) is 1.60. The average Bonchev–Trinajstić information content (AvgIpc) is 3.16. The quantitative estimate of drug-likeness (QED) is 0.457. The molecular formula is C17H29N5O3S2. The summed E-state index contributed by atoms with van der Waals surface area (Å²) >= 11 is 2.88. The zero-order chi connectivity index (χ0) is 19.6. The first-order chi connectivity index (χ1) is 13.1. The molecule has 0 bridgehead atoms. The van der Waals surface area contributed by atoms with Crippen LogP contribution in [-0.2, 0) is 14.3 Å². The van der Waals surface area contributed by atoms with E-state index in [4.69, 9.17) is 4.74 Å². The summed E-state index contributed by atoms with van der Waals surface area (Å²) in [5, 5.41) is 12.1. The van der Waals surface area contributed by atoms with E-state index in [-0.39, 0.29) is 17.7 Å². The van der Waals surface area contributed by atoms with Crippen molar-refractivity contribution in [3.63, 3.8) is 0 Å². The molecule has 1 aliphatic rings. The highest BCUT2D eigenvalue weighted by Crippen LogP contribution is 2.28. The lowest BCUT2D eigenvalue weighted by Crippen LogP contribution is -2.50. The van der Waals surface area contributed by atoms with Gasteiger partial charge in [-0.3, -0.25) is 9.59 Å². The zero-order valence-corrected chi connectivity index (χ0v) is 17.9. The Morgan fingerprint density at radius 3 is 2.56 bits per heavy atom. The third-order valence-electron chi connectivity index (χ3n) is 4.55. The van der Waals surface area contributed by atoms with Crippen molar-refractivity contribution in [2.24, 2.45) is 5.92 Å². The molecule has 1 aromatic heterocycles. The lowest BCUT2D eigenvalue weighted by Gasteiger charge is -2.35. The molecule has 0 atom stereocenters. The number of hydrogen-bond acceptors (Lipinski definition) is 8. The molecule has 10 heteroatoms. The number of nitrogens with zero attached hydrogens (tertiary/aromatic N) is 4. The highest BCUT2D eigenvalue weighted by Gasteiger charge is 2.26. The smallest absolute Gasteiger partial charge is 0.230 e. The normalized spacial score (nSPS) is 14.7. The summed E-state index contributed by atoms with van der Waals surface area (Å²) in [5.41, 5.74) is 0. The fraction of sp³-hybridized carbons (Fsp3) is 0.765. The van der Waals surface area contributed by atoms with Gasteiger partial charge in [-0.2, -0.15) is 0 Å². The largest absolute Gasteiger partial charge is 0.383 e. The Labute approximate surface area is 169 Å². The lowest BCUT2D eigenvalue weighted by molar-refractivity contribution is -0.136. The molecule has 0 radical (unpaired) electrons. The Morgan fingerprint density at radius 2 is 1.93 bits per heavy atom. The number of rotatable bonds is 10. The van der Waals surface area contributed by atoms with Crippen LogP contribution in [0.15, 0.2) is 4.34 Å². The number of nitrogens with one attached hydrogen (secondary N) is 1. The molecule has 27 heavy (non-hydrogen) atoms. The van der Waals surface area contributed by atoms with Gasteiger partial charge in [0.1, 0.15) is 0 Å².